The summed E-state index contributed by atoms with van der Waals surface area (Å²) in [7, 11) is 0. The highest BCUT2D eigenvalue weighted by atomic mass is 19.4. The molecule has 1 unspecified atom stereocenters. The normalized spacial score (nSPS) is 12.7. The zero-order chi connectivity index (χ0) is 18.4. The van der Waals surface area contributed by atoms with E-state index in [1.165, 1.54) is 18.2 Å². The zero-order valence-electron chi connectivity index (χ0n) is 13.8. The number of hydrogen-bond donors (Lipinski definition) is 2. The predicted molar refractivity (Wildman–Crippen MR) is 88.9 cm³/mol. The van der Waals surface area contributed by atoms with Gasteiger partial charge < -0.3 is 10.4 Å². The third-order valence-corrected chi connectivity index (χ3v) is 3.84. The molecule has 0 aliphatic rings. The van der Waals surface area contributed by atoms with Crippen molar-refractivity contribution in [3.63, 3.8) is 0 Å². The average Bonchev–Trinajstić information content (AvgIpc) is 2.57. The van der Waals surface area contributed by atoms with Gasteiger partial charge in [0, 0.05) is 13.0 Å². The summed E-state index contributed by atoms with van der Waals surface area (Å²) in [5, 5.41) is 12.5. The first-order valence-corrected chi connectivity index (χ1v) is 7.94. The minimum atomic E-state index is -4.55. The number of alkyl halides is 3. The Morgan fingerprint density at radius 1 is 1.16 bits per heavy atom. The van der Waals surface area contributed by atoms with E-state index in [1.54, 1.807) is 0 Å². The highest BCUT2D eigenvalue weighted by molar-refractivity contribution is 5.76. The second kappa shape index (κ2) is 8.16. The Bertz CT molecular complexity index is 729. The van der Waals surface area contributed by atoms with Crippen LogP contribution in [0.25, 0.3) is 0 Å². The fourth-order valence-corrected chi connectivity index (χ4v) is 2.58. The van der Waals surface area contributed by atoms with Gasteiger partial charge in [-0.1, -0.05) is 48.0 Å². The summed E-state index contributed by atoms with van der Waals surface area (Å²) >= 11 is 0. The van der Waals surface area contributed by atoms with E-state index >= 15 is 0 Å². The molecule has 0 saturated heterocycles. The monoisotopic (exact) mass is 351 g/mol. The Morgan fingerprint density at radius 2 is 1.88 bits per heavy atom. The first-order chi connectivity index (χ1) is 11.8. The summed E-state index contributed by atoms with van der Waals surface area (Å²) in [5.41, 5.74) is 0.973. The summed E-state index contributed by atoms with van der Waals surface area (Å²) in [6, 6.07) is 12.6. The van der Waals surface area contributed by atoms with Crippen LogP contribution in [-0.4, -0.2) is 17.6 Å². The van der Waals surface area contributed by atoms with Gasteiger partial charge in [0.15, 0.2) is 0 Å². The van der Waals surface area contributed by atoms with Crippen LogP contribution in [0, 0.1) is 6.92 Å². The number of rotatable bonds is 6. The van der Waals surface area contributed by atoms with E-state index in [1.807, 2.05) is 31.2 Å². The molecule has 0 aliphatic carbocycles. The van der Waals surface area contributed by atoms with E-state index in [9.17, 15) is 23.1 Å². The van der Waals surface area contributed by atoms with Crippen molar-refractivity contribution in [2.75, 3.05) is 6.54 Å². The van der Waals surface area contributed by atoms with Crippen LogP contribution in [0.5, 0.6) is 0 Å². The molecular weight excluding hydrogens is 331 g/mol. The fraction of sp³-hybridized carbons (Fsp3) is 0.316. The molecule has 3 nitrogen and oxygen atoms in total. The number of carbonyl (C=O) groups is 1. The van der Waals surface area contributed by atoms with E-state index in [0.29, 0.717) is 6.42 Å². The molecule has 2 rings (SSSR count). The second-order valence-electron chi connectivity index (χ2n) is 5.89. The molecule has 2 aromatic carbocycles. The van der Waals surface area contributed by atoms with Gasteiger partial charge in [-0.25, -0.2) is 0 Å². The summed E-state index contributed by atoms with van der Waals surface area (Å²) in [4.78, 5) is 11.9. The number of hydrogen-bond acceptors (Lipinski definition) is 2. The van der Waals surface area contributed by atoms with Crippen LogP contribution in [-0.2, 0) is 17.4 Å². The van der Waals surface area contributed by atoms with Crippen molar-refractivity contribution in [3.05, 3.63) is 70.8 Å². The highest BCUT2D eigenvalue weighted by Crippen LogP contribution is 2.34. The quantitative estimate of drug-likeness (QED) is 0.832. The third-order valence-electron chi connectivity index (χ3n) is 3.84. The number of aryl methyl sites for hydroxylation is 2. The Hall–Kier alpha value is -2.34. The minimum absolute atomic E-state index is 0.205. The van der Waals surface area contributed by atoms with Crippen molar-refractivity contribution in [3.8, 4) is 0 Å². The van der Waals surface area contributed by atoms with Crippen molar-refractivity contribution < 1.29 is 23.1 Å². The molecule has 6 heteroatoms. The lowest BCUT2D eigenvalue weighted by Gasteiger charge is -2.18. The Labute approximate surface area is 144 Å². The van der Waals surface area contributed by atoms with Crippen LogP contribution in [0.15, 0.2) is 48.5 Å². The van der Waals surface area contributed by atoms with E-state index in [0.717, 1.165) is 17.2 Å². The second-order valence-corrected chi connectivity index (χ2v) is 5.89. The molecule has 25 heavy (non-hydrogen) atoms. The van der Waals surface area contributed by atoms with E-state index in [-0.39, 0.29) is 24.4 Å². The maximum Gasteiger partial charge on any atom is 0.416 e. The Morgan fingerprint density at radius 3 is 2.56 bits per heavy atom. The van der Waals surface area contributed by atoms with Gasteiger partial charge in [-0.2, -0.15) is 13.2 Å². The molecule has 134 valence electrons. The standard InChI is InChI=1S/C19H20F3NO2/c1-13-5-4-6-14(11-13)9-10-18(25)23-12-17(24)15-7-2-3-8-16(15)19(20,21)22/h2-8,11,17,24H,9-10,12H2,1H3,(H,23,25). The van der Waals surface area contributed by atoms with Gasteiger partial charge in [-0.05, 0) is 30.5 Å². The van der Waals surface area contributed by atoms with Crippen molar-refractivity contribution in [2.24, 2.45) is 0 Å². The molecule has 0 spiro atoms. The molecule has 0 bridgehead atoms. The lowest BCUT2D eigenvalue weighted by Crippen LogP contribution is -2.29. The largest absolute Gasteiger partial charge is 0.416 e. The van der Waals surface area contributed by atoms with Crippen molar-refractivity contribution in [2.45, 2.75) is 32.0 Å². The number of halogens is 3. The van der Waals surface area contributed by atoms with Crippen LogP contribution in [0.3, 0.4) is 0 Å². The molecule has 0 saturated carbocycles. The average molecular weight is 351 g/mol. The van der Waals surface area contributed by atoms with Crippen molar-refractivity contribution in [1.29, 1.82) is 0 Å². The molecule has 0 fully saturated rings. The number of aliphatic hydroxyl groups is 1. The third kappa shape index (κ3) is 5.60. The molecule has 0 aromatic heterocycles. The maximum absolute atomic E-state index is 13.0. The van der Waals surface area contributed by atoms with Crippen LogP contribution >= 0.6 is 0 Å². The summed E-state index contributed by atoms with van der Waals surface area (Å²) in [5.74, 6) is -0.315. The van der Waals surface area contributed by atoms with Crippen LogP contribution in [0.1, 0.15) is 34.8 Å². The predicted octanol–water partition coefficient (Wildman–Crippen LogP) is 3.80. The number of aliphatic hydroxyl groups excluding tert-OH is 1. The van der Waals surface area contributed by atoms with Crippen molar-refractivity contribution >= 4 is 5.91 Å². The molecule has 0 heterocycles. The topological polar surface area (TPSA) is 49.3 Å². The van der Waals surface area contributed by atoms with Gasteiger partial charge in [-0.15, -0.1) is 0 Å². The number of benzene rings is 2. The van der Waals surface area contributed by atoms with Crippen LogP contribution in [0.2, 0.25) is 0 Å². The summed E-state index contributed by atoms with van der Waals surface area (Å²) in [6.45, 7) is 1.69. The molecule has 2 N–H and O–H groups in total. The maximum atomic E-state index is 13.0. The molecule has 1 atom stereocenters. The smallest absolute Gasteiger partial charge is 0.387 e. The van der Waals surface area contributed by atoms with E-state index in [4.69, 9.17) is 0 Å². The van der Waals surface area contributed by atoms with Gasteiger partial charge >= 0.3 is 6.18 Å². The lowest BCUT2D eigenvalue weighted by atomic mass is 10.0. The zero-order valence-corrected chi connectivity index (χ0v) is 13.8. The molecule has 0 radical (unpaired) electrons. The van der Waals surface area contributed by atoms with Crippen LogP contribution in [0.4, 0.5) is 13.2 Å². The number of carbonyl (C=O) groups excluding carboxylic acids is 1. The lowest BCUT2D eigenvalue weighted by molar-refractivity contribution is -0.139. The van der Waals surface area contributed by atoms with Crippen LogP contribution < -0.4 is 5.32 Å². The number of nitrogens with one attached hydrogen (secondary N) is 1. The summed E-state index contributed by atoms with van der Waals surface area (Å²) in [6.07, 6.45) is -5.23. The Balaban J connectivity index is 1.90. The van der Waals surface area contributed by atoms with Gasteiger partial charge in [0.05, 0.1) is 11.7 Å². The van der Waals surface area contributed by atoms with Gasteiger partial charge in [0.2, 0.25) is 5.91 Å². The molecule has 0 aliphatic heterocycles. The van der Waals surface area contributed by atoms with Gasteiger partial charge in [-0.3, -0.25) is 4.79 Å². The first-order valence-electron chi connectivity index (χ1n) is 7.94. The Kier molecular flexibility index (Phi) is 6.20. The first kappa shape index (κ1) is 19.0. The minimum Gasteiger partial charge on any atom is -0.387 e. The molecule has 1 amide bonds. The van der Waals surface area contributed by atoms with Crippen molar-refractivity contribution in [1.82, 2.24) is 5.32 Å². The van der Waals surface area contributed by atoms with Gasteiger partial charge in [0.25, 0.3) is 0 Å². The van der Waals surface area contributed by atoms with E-state index < -0.39 is 17.8 Å². The van der Waals surface area contributed by atoms with Gasteiger partial charge in [0.1, 0.15) is 0 Å². The summed E-state index contributed by atoms with van der Waals surface area (Å²) < 4.78 is 38.9. The van der Waals surface area contributed by atoms with E-state index in [2.05, 4.69) is 5.32 Å². The fourth-order valence-electron chi connectivity index (χ4n) is 2.58. The molecular formula is C19H20F3NO2. The SMILES string of the molecule is Cc1cccc(CCC(=O)NCC(O)c2ccccc2C(F)(F)F)c1. The number of amides is 1. The molecule has 2 aromatic rings. The highest BCUT2D eigenvalue weighted by Gasteiger charge is 2.34.